The fraction of sp³-hybridized carbons (Fsp3) is 0.483. The van der Waals surface area contributed by atoms with Crippen molar-refractivity contribution < 1.29 is 95.4 Å². The van der Waals surface area contributed by atoms with E-state index in [1.165, 1.54) is 24.3 Å². The molecule has 32 nitrogen and oxygen atoms in total. The zero-order valence-corrected chi connectivity index (χ0v) is 71.2. The molecule has 2 atom stereocenters. The number of anilines is 4. The van der Waals surface area contributed by atoms with Crippen LogP contribution in [0.1, 0.15) is 122 Å². The zero-order chi connectivity index (χ0) is 94.3. The van der Waals surface area contributed by atoms with Gasteiger partial charge in [-0.25, -0.2) is 37.5 Å². The topological polar surface area (TPSA) is 358 Å². The molecule has 20 rings (SSSR count). The van der Waals surface area contributed by atoms with Gasteiger partial charge in [-0.15, -0.1) is 0 Å². The minimum absolute atomic E-state index is 0.0669. The Hall–Kier alpha value is -10.8. The number of hydrogen-bond acceptors (Lipinski definition) is 32. The number of fused-ring (bicyclic) bond motifs is 4. The summed E-state index contributed by atoms with van der Waals surface area (Å²) in [6.45, 7) is 24.6. The highest BCUT2D eigenvalue weighted by Crippen LogP contribution is 2.46. The second-order valence-electron chi connectivity index (χ2n) is 31.6. The number of methoxy groups -OCH3 is 3. The summed E-state index contributed by atoms with van der Waals surface area (Å²) in [5.41, 5.74) is 11.2. The number of carbonyl (C=O) groups is 1. The fourth-order valence-electron chi connectivity index (χ4n) is 16.9. The second kappa shape index (κ2) is 37.2. The average molecular weight is 1790 g/mol. The number of carbonyl (C=O) groups excluding carboxylic acids is 1. The van der Waals surface area contributed by atoms with Gasteiger partial charge in [0.1, 0.15) is 68.4 Å². The number of pyridine rings is 4. The Morgan fingerprint density at radius 2 is 0.750 bits per heavy atom. The Labute approximate surface area is 732 Å². The van der Waals surface area contributed by atoms with E-state index in [0.29, 0.717) is 227 Å². The molecule has 0 radical (unpaired) electrons. The predicted octanol–water partition coefficient (Wildman–Crippen LogP) is 13.9. The first-order chi connectivity index (χ1) is 63.3. The van der Waals surface area contributed by atoms with Crippen molar-refractivity contribution in [3.05, 3.63) is 122 Å². The van der Waals surface area contributed by atoms with Crippen LogP contribution < -0.4 is 44.9 Å². The smallest absolute Gasteiger partial charge is 0.261 e. The standard InChI is InChI=1S/C23H28FN5O3.C21H23FN4O4.C20H20BrFN4O3.C19H19FN4O3.C4H9NO/c1-13-18-10-17(30-3)11-19(24)21(18)27-22(20(13)23-25-14(2)28-32-23)29-7-4-15(5-8-29)26-16-6-9-31-12-16;1-12-15-10-14(27-3)11-16(22)18(15)24-19(17(12)20-23-13(2)25-30-20)26-6-4-21(5-7-26)28-8-9-29-21;1-11-14-9-13(21)10-15(22)17(14)24-18(16(11)19-23-12(2)25-29-19)26-5-3-20(4-6-26)27-7-8-28-20;1-10-14-8-13(26-3)9-15(20)17(14)22-18(24-6-4-12(25)5-7-24)16(10)19-21-11(2)23-27-19;5-4-1-2-6-3-4/h10-11,15-16,26H,4-9,12H2,1-3H3;10-11H,4-9H2,1-3H3;9-10H,3-8H2,1-2H3;8-9H,4-7H2,1-3H3;4H,1-3,5H2/t16-;;;;4-/m1...1/s1/i2*3D3;;3D3;. The number of ketones is 1. The van der Waals surface area contributed by atoms with Gasteiger partial charge < -0.3 is 91.4 Å². The lowest BCUT2D eigenvalue weighted by molar-refractivity contribution is -0.169. The molecule has 0 unspecified atom stereocenters. The lowest BCUT2D eigenvalue weighted by atomic mass is 9.99. The quantitative estimate of drug-likeness (QED) is 0.101. The Bertz CT molecular complexity index is 6250. The number of benzene rings is 4. The van der Waals surface area contributed by atoms with Gasteiger partial charge in [0.2, 0.25) is 0 Å². The van der Waals surface area contributed by atoms with Crippen molar-refractivity contribution in [1.29, 1.82) is 0 Å². The summed E-state index contributed by atoms with van der Waals surface area (Å²) in [4.78, 5) is 55.9. The minimum atomic E-state index is -2.71. The summed E-state index contributed by atoms with van der Waals surface area (Å²) in [6, 6.07) is 11.9. The van der Waals surface area contributed by atoms with Crippen LogP contribution in [-0.4, -0.2) is 222 Å². The van der Waals surface area contributed by atoms with Crippen LogP contribution in [0.15, 0.2) is 71.1 Å². The molecule has 2 spiro atoms. The number of Topliss-reactive ketones (excluding diaryl/α,β-unsaturated/α-hetero) is 1. The monoisotopic (exact) mass is 1780 g/mol. The molecule has 8 aliphatic rings. The van der Waals surface area contributed by atoms with Gasteiger partial charge in [0.25, 0.3) is 23.6 Å². The molecule has 4 aromatic carbocycles. The number of nitrogens with zero attached hydrogens (tertiary/aromatic N) is 16. The number of ether oxygens (including phenoxy) is 9. The van der Waals surface area contributed by atoms with Crippen LogP contribution in [0.4, 0.5) is 40.8 Å². The van der Waals surface area contributed by atoms with E-state index in [0.717, 1.165) is 107 Å². The molecule has 37 heteroatoms. The lowest BCUT2D eigenvalue weighted by Gasteiger charge is -2.38. The van der Waals surface area contributed by atoms with Gasteiger partial charge in [-0.05, 0) is 134 Å². The van der Waals surface area contributed by atoms with E-state index in [1.807, 2.05) is 29.7 Å². The SMILES string of the molecule is Cc1noc(-c2c(N3CCC4(CC3)OCCO4)nc3c(F)cc(Br)cc3c2C)n1.N[C@@H]1CCOC1.[2H]C([2H])([2H])Oc1cc(F)c2nc(N3CCC(=O)CC3)c(-c3nc(C)no3)c(C)c2c1.[2H]C([2H])([2H])Oc1cc(F)c2nc(N3CCC(N[C@@H]4CCOC4)CC3)c(-c3nc(C)no3)c(C)c2c1.[2H]C([2H])([2H])Oc1cc(F)c2nc(N3CCC4(CC3)OCCO4)c(-c3nc(C)no3)c(C)c2c1. The lowest BCUT2D eigenvalue weighted by Crippen LogP contribution is -2.46. The highest BCUT2D eigenvalue weighted by molar-refractivity contribution is 9.10. The molecule has 16 heterocycles. The molecule has 8 fully saturated rings. The first kappa shape index (κ1) is 75.7. The van der Waals surface area contributed by atoms with Crippen molar-refractivity contribution in [3.8, 4) is 63.1 Å². The van der Waals surface area contributed by atoms with Crippen molar-refractivity contribution in [1.82, 2.24) is 65.8 Å². The van der Waals surface area contributed by atoms with Crippen LogP contribution in [0.25, 0.3) is 89.4 Å². The van der Waals surface area contributed by atoms with Gasteiger partial charge in [0, 0.05) is 166 Å². The maximum atomic E-state index is 15.2. The molecule has 8 aliphatic heterocycles. The fourth-order valence-corrected chi connectivity index (χ4v) is 17.4. The van der Waals surface area contributed by atoms with Gasteiger partial charge in [0.05, 0.1) is 95.3 Å². The Morgan fingerprint density at radius 3 is 1.06 bits per heavy atom. The molecular weight excluding hydrogens is 1680 g/mol. The number of hydrogen-bond donors (Lipinski definition) is 2. The normalized spacial score (nSPS) is 20.2. The number of aromatic nitrogens is 12. The van der Waals surface area contributed by atoms with Gasteiger partial charge in [-0.2, -0.15) is 19.9 Å². The van der Waals surface area contributed by atoms with E-state index in [9.17, 15) is 13.6 Å². The molecule has 8 aromatic heterocycles. The summed E-state index contributed by atoms with van der Waals surface area (Å²) in [5.74, 6) is 1.54. The summed E-state index contributed by atoms with van der Waals surface area (Å²) in [6.07, 6.45) is 7.34. The first-order valence-corrected chi connectivity index (χ1v) is 41.8. The number of nitrogens with one attached hydrogen (secondary N) is 1. The highest BCUT2D eigenvalue weighted by Gasteiger charge is 2.44. The third-order valence-electron chi connectivity index (χ3n) is 23.4. The Kier molecular flexibility index (Phi) is 22.7. The average Bonchev–Trinajstić information content (AvgIpc) is 1.31. The molecule has 656 valence electrons. The summed E-state index contributed by atoms with van der Waals surface area (Å²) >= 11 is 3.37. The molecule has 12 aromatic rings. The van der Waals surface area contributed by atoms with Gasteiger partial charge >= 0.3 is 0 Å². The second-order valence-corrected chi connectivity index (χ2v) is 32.6. The van der Waals surface area contributed by atoms with Crippen LogP contribution in [0.5, 0.6) is 17.2 Å². The van der Waals surface area contributed by atoms with Crippen molar-refractivity contribution >= 4 is 88.6 Å². The molecular formula is C87H99BrF4N18O14. The minimum Gasteiger partial charge on any atom is -0.497 e. The summed E-state index contributed by atoms with van der Waals surface area (Å²) in [5, 5.41) is 21.2. The van der Waals surface area contributed by atoms with Crippen LogP contribution in [-0.2, 0) is 33.2 Å². The number of piperidine rings is 4. The van der Waals surface area contributed by atoms with Gasteiger partial charge in [-0.1, -0.05) is 36.6 Å². The van der Waals surface area contributed by atoms with Gasteiger partial charge in [0.15, 0.2) is 58.1 Å². The van der Waals surface area contributed by atoms with E-state index >= 15 is 8.78 Å². The van der Waals surface area contributed by atoms with Crippen LogP contribution in [0.2, 0.25) is 0 Å². The molecule has 3 N–H and O–H groups in total. The number of aryl methyl sites for hydroxylation is 8. The summed E-state index contributed by atoms with van der Waals surface area (Å²) in [7, 11) is -8.12. The summed E-state index contributed by atoms with van der Waals surface area (Å²) < 4.78 is 197. The Balaban J connectivity index is 0.000000126. The largest absolute Gasteiger partial charge is 0.497 e. The van der Waals surface area contributed by atoms with Crippen molar-refractivity contribution in [2.75, 3.05) is 146 Å². The van der Waals surface area contributed by atoms with Crippen molar-refractivity contribution in [3.63, 3.8) is 0 Å². The number of rotatable bonds is 13. The molecule has 0 saturated carbocycles. The van der Waals surface area contributed by atoms with E-state index < -0.39 is 50.1 Å². The molecule has 0 aliphatic carbocycles. The zero-order valence-electron chi connectivity index (χ0n) is 78.6. The third-order valence-corrected chi connectivity index (χ3v) is 23.9. The van der Waals surface area contributed by atoms with Crippen molar-refractivity contribution in [2.24, 2.45) is 5.73 Å². The number of nitrogens with two attached hydrogens (primary N) is 1. The highest BCUT2D eigenvalue weighted by atomic mass is 79.9. The number of halogens is 5. The van der Waals surface area contributed by atoms with E-state index in [1.54, 1.807) is 41.5 Å². The maximum absolute atomic E-state index is 15.2. The van der Waals surface area contributed by atoms with Crippen LogP contribution in [0, 0.1) is 78.7 Å². The first-order valence-electron chi connectivity index (χ1n) is 45.5. The van der Waals surface area contributed by atoms with E-state index in [-0.39, 0.29) is 63.1 Å². The molecule has 0 bridgehead atoms. The van der Waals surface area contributed by atoms with Crippen LogP contribution >= 0.6 is 15.9 Å². The maximum Gasteiger partial charge on any atom is 0.261 e. The molecule has 0 amide bonds. The van der Waals surface area contributed by atoms with E-state index in [4.69, 9.17) is 88.8 Å². The Morgan fingerprint density at radius 1 is 0.419 bits per heavy atom. The predicted molar refractivity (Wildman–Crippen MR) is 455 cm³/mol. The van der Waals surface area contributed by atoms with E-state index in [2.05, 4.69) is 81.6 Å². The van der Waals surface area contributed by atoms with Gasteiger partial charge in [-0.3, -0.25) is 4.79 Å². The van der Waals surface area contributed by atoms with Crippen LogP contribution in [0.3, 0.4) is 0 Å². The van der Waals surface area contributed by atoms with Crippen molar-refractivity contribution in [2.45, 2.75) is 149 Å². The molecule has 8 saturated heterocycles. The third kappa shape index (κ3) is 18.4. The molecule has 124 heavy (non-hydrogen) atoms.